The van der Waals surface area contributed by atoms with Crippen molar-refractivity contribution in [1.29, 1.82) is 0 Å². The minimum Gasteiger partial charge on any atom is -0.472 e. The van der Waals surface area contributed by atoms with Gasteiger partial charge in [-0.2, -0.15) is 5.10 Å². The van der Waals surface area contributed by atoms with Gasteiger partial charge in [0.1, 0.15) is 12.0 Å². The normalized spacial score (nSPS) is 10.8. The van der Waals surface area contributed by atoms with Crippen LogP contribution in [0.15, 0.2) is 48.8 Å². The summed E-state index contributed by atoms with van der Waals surface area (Å²) >= 11 is 0. The van der Waals surface area contributed by atoms with E-state index >= 15 is 0 Å². The summed E-state index contributed by atoms with van der Waals surface area (Å²) < 4.78 is 30.8. The number of rotatable bonds is 6. The molecule has 0 aliphatic rings. The smallest absolute Gasteiger partial charge is 0.274 e. The predicted molar refractivity (Wildman–Crippen MR) is 90.1 cm³/mol. The van der Waals surface area contributed by atoms with Gasteiger partial charge in [-0.05, 0) is 18.2 Å². The number of nitrogens with one attached hydrogen (secondary N) is 1. The third-order valence-corrected chi connectivity index (χ3v) is 3.29. The molecule has 1 N–H and O–H groups in total. The number of benzene rings is 1. The SMILES string of the molecule is Cn1cnc(-c2cccc(NC(=O)c3cccc(OCC(F)F)n3)c2)n1. The van der Waals surface area contributed by atoms with Crippen LogP contribution in [0, 0.1) is 0 Å². The van der Waals surface area contributed by atoms with Crippen molar-refractivity contribution in [3.05, 3.63) is 54.5 Å². The second-order valence-corrected chi connectivity index (χ2v) is 5.34. The lowest BCUT2D eigenvalue weighted by Crippen LogP contribution is -2.15. The molecule has 26 heavy (non-hydrogen) atoms. The number of aromatic nitrogens is 4. The molecule has 0 saturated carbocycles. The molecule has 0 saturated heterocycles. The van der Waals surface area contributed by atoms with Gasteiger partial charge in [-0.1, -0.05) is 18.2 Å². The molecule has 0 radical (unpaired) electrons. The number of hydrogen-bond acceptors (Lipinski definition) is 5. The van der Waals surface area contributed by atoms with Gasteiger partial charge in [0.15, 0.2) is 12.4 Å². The fourth-order valence-corrected chi connectivity index (χ4v) is 2.17. The van der Waals surface area contributed by atoms with Crippen LogP contribution in [-0.4, -0.2) is 38.7 Å². The number of carbonyl (C=O) groups is 1. The average molecular weight is 359 g/mol. The highest BCUT2D eigenvalue weighted by atomic mass is 19.3. The molecule has 9 heteroatoms. The summed E-state index contributed by atoms with van der Waals surface area (Å²) in [6.07, 6.45) is -1.03. The minimum atomic E-state index is -2.61. The van der Waals surface area contributed by atoms with Crippen LogP contribution >= 0.6 is 0 Å². The van der Waals surface area contributed by atoms with Gasteiger partial charge in [-0.3, -0.25) is 9.48 Å². The average Bonchev–Trinajstić information content (AvgIpc) is 3.07. The first-order valence-electron chi connectivity index (χ1n) is 7.67. The van der Waals surface area contributed by atoms with Crippen LogP contribution in [0.3, 0.4) is 0 Å². The van der Waals surface area contributed by atoms with Crippen molar-refractivity contribution in [2.75, 3.05) is 11.9 Å². The molecule has 0 spiro atoms. The van der Waals surface area contributed by atoms with E-state index in [2.05, 4.69) is 20.4 Å². The van der Waals surface area contributed by atoms with E-state index in [1.165, 1.54) is 18.2 Å². The molecule has 1 amide bonds. The number of halogens is 2. The van der Waals surface area contributed by atoms with Gasteiger partial charge in [0, 0.05) is 24.4 Å². The summed E-state index contributed by atoms with van der Waals surface area (Å²) in [5.41, 5.74) is 1.32. The molecular formula is C17H15F2N5O2. The Labute approximate surface area is 147 Å². The Morgan fingerprint density at radius 2 is 2.08 bits per heavy atom. The zero-order valence-corrected chi connectivity index (χ0v) is 13.8. The third-order valence-electron chi connectivity index (χ3n) is 3.29. The summed E-state index contributed by atoms with van der Waals surface area (Å²) in [5.74, 6) is 0.00661. The van der Waals surface area contributed by atoms with E-state index in [0.29, 0.717) is 11.5 Å². The molecule has 2 heterocycles. The Morgan fingerprint density at radius 3 is 2.81 bits per heavy atom. The molecule has 7 nitrogen and oxygen atoms in total. The largest absolute Gasteiger partial charge is 0.472 e. The zero-order chi connectivity index (χ0) is 18.5. The number of ether oxygens (including phenoxy) is 1. The van der Waals surface area contributed by atoms with E-state index in [0.717, 1.165) is 5.56 Å². The van der Waals surface area contributed by atoms with Gasteiger partial charge in [0.05, 0.1) is 0 Å². The Kier molecular flexibility index (Phi) is 5.16. The molecule has 134 valence electrons. The van der Waals surface area contributed by atoms with Crippen molar-refractivity contribution in [2.45, 2.75) is 6.43 Å². The van der Waals surface area contributed by atoms with Crippen LogP contribution in [0.25, 0.3) is 11.4 Å². The number of pyridine rings is 1. The topological polar surface area (TPSA) is 81.9 Å². The van der Waals surface area contributed by atoms with E-state index in [1.807, 2.05) is 6.07 Å². The van der Waals surface area contributed by atoms with Crippen LogP contribution in [0.1, 0.15) is 10.5 Å². The van der Waals surface area contributed by atoms with Gasteiger partial charge >= 0.3 is 0 Å². The summed E-state index contributed by atoms with van der Waals surface area (Å²) in [4.78, 5) is 20.4. The summed E-state index contributed by atoms with van der Waals surface area (Å²) in [7, 11) is 1.76. The Bertz CT molecular complexity index is 913. The van der Waals surface area contributed by atoms with Gasteiger partial charge in [-0.15, -0.1) is 0 Å². The number of carbonyl (C=O) groups excluding carboxylic acids is 1. The van der Waals surface area contributed by atoms with Crippen molar-refractivity contribution in [3.63, 3.8) is 0 Å². The first-order valence-corrected chi connectivity index (χ1v) is 7.67. The van der Waals surface area contributed by atoms with E-state index in [4.69, 9.17) is 4.74 Å². The van der Waals surface area contributed by atoms with E-state index in [1.54, 1.807) is 36.3 Å². The van der Waals surface area contributed by atoms with Gasteiger partial charge in [0.2, 0.25) is 5.88 Å². The lowest BCUT2D eigenvalue weighted by molar-refractivity contribution is 0.0794. The van der Waals surface area contributed by atoms with Crippen molar-refractivity contribution in [1.82, 2.24) is 19.7 Å². The summed E-state index contributed by atoms with van der Waals surface area (Å²) in [6, 6.07) is 11.4. The molecule has 0 bridgehead atoms. The predicted octanol–water partition coefficient (Wildman–Crippen LogP) is 2.77. The fraction of sp³-hybridized carbons (Fsp3) is 0.176. The van der Waals surface area contributed by atoms with Crippen molar-refractivity contribution in [3.8, 4) is 17.3 Å². The van der Waals surface area contributed by atoms with Crippen molar-refractivity contribution >= 4 is 11.6 Å². The highest BCUT2D eigenvalue weighted by Gasteiger charge is 2.11. The Hall–Kier alpha value is -3.36. The minimum absolute atomic E-state index is 0.0376. The number of aryl methyl sites for hydroxylation is 1. The fourth-order valence-electron chi connectivity index (χ4n) is 2.17. The van der Waals surface area contributed by atoms with Crippen LogP contribution in [-0.2, 0) is 7.05 Å². The Morgan fingerprint density at radius 1 is 1.27 bits per heavy atom. The first-order chi connectivity index (χ1) is 12.5. The van der Waals surface area contributed by atoms with E-state index in [-0.39, 0.29) is 11.6 Å². The van der Waals surface area contributed by atoms with Gasteiger partial charge in [-0.25, -0.2) is 18.7 Å². The molecule has 0 unspecified atom stereocenters. The monoisotopic (exact) mass is 359 g/mol. The number of hydrogen-bond donors (Lipinski definition) is 1. The van der Waals surface area contributed by atoms with Crippen LogP contribution in [0.4, 0.5) is 14.5 Å². The number of alkyl halides is 2. The lowest BCUT2D eigenvalue weighted by Gasteiger charge is -2.08. The molecule has 0 fully saturated rings. The van der Waals surface area contributed by atoms with Crippen molar-refractivity contribution < 1.29 is 18.3 Å². The highest BCUT2D eigenvalue weighted by molar-refractivity contribution is 6.03. The van der Waals surface area contributed by atoms with Crippen LogP contribution in [0.5, 0.6) is 5.88 Å². The zero-order valence-electron chi connectivity index (χ0n) is 13.8. The molecule has 1 aromatic carbocycles. The summed E-state index contributed by atoms with van der Waals surface area (Å²) in [5, 5.41) is 6.91. The first kappa shape index (κ1) is 17.5. The maximum atomic E-state index is 12.3. The lowest BCUT2D eigenvalue weighted by atomic mass is 10.2. The van der Waals surface area contributed by atoms with Gasteiger partial charge < -0.3 is 10.1 Å². The second kappa shape index (κ2) is 7.68. The van der Waals surface area contributed by atoms with E-state index in [9.17, 15) is 13.6 Å². The molecule has 0 aliphatic heterocycles. The maximum absolute atomic E-state index is 12.3. The van der Waals surface area contributed by atoms with Crippen LogP contribution in [0.2, 0.25) is 0 Å². The molecule has 3 aromatic rings. The third kappa shape index (κ3) is 4.38. The highest BCUT2D eigenvalue weighted by Crippen LogP contribution is 2.19. The molecule has 2 aromatic heterocycles. The second-order valence-electron chi connectivity index (χ2n) is 5.34. The number of amides is 1. The van der Waals surface area contributed by atoms with Crippen LogP contribution < -0.4 is 10.1 Å². The molecule has 0 aliphatic carbocycles. The number of nitrogens with zero attached hydrogens (tertiary/aromatic N) is 4. The molecular weight excluding hydrogens is 344 g/mol. The van der Waals surface area contributed by atoms with Crippen molar-refractivity contribution in [2.24, 2.45) is 7.05 Å². The Balaban J connectivity index is 1.73. The maximum Gasteiger partial charge on any atom is 0.274 e. The molecule has 0 atom stereocenters. The van der Waals surface area contributed by atoms with Gasteiger partial charge in [0.25, 0.3) is 12.3 Å². The quantitative estimate of drug-likeness (QED) is 0.732. The standard InChI is InChI=1S/C17H15F2N5O2/c1-24-10-20-16(23-24)11-4-2-5-12(8-11)21-17(25)13-6-3-7-15(22-13)26-9-14(18)19/h2-8,10,14H,9H2,1H3,(H,21,25). The van der Waals surface area contributed by atoms with E-state index < -0.39 is 18.9 Å². The summed E-state index contributed by atoms with van der Waals surface area (Å²) in [6.45, 7) is -0.781. The molecule has 3 rings (SSSR count). The number of anilines is 1.